The van der Waals surface area contributed by atoms with Gasteiger partial charge in [-0.15, -0.1) is 0 Å². The van der Waals surface area contributed by atoms with Crippen LogP contribution < -0.4 is 0 Å². The van der Waals surface area contributed by atoms with E-state index < -0.39 is 48.3 Å². The molecule has 0 spiro atoms. The van der Waals surface area contributed by atoms with Crippen LogP contribution in [-0.2, 0) is 0 Å². The molecular formula is C144H88O4. The smallest absolute Gasteiger partial charge is 0.136 e. The van der Waals surface area contributed by atoms with Crippen LogP contribution in [0.5, 0.6) is 0 Å². The maximum absolute atomic E-state index is 9.21. The molecule has 0 aliphatic rings. The Balaban J connectivity index is 0.000000100. The number of hydrogen-bond acceptors (Lipinski definition) is 4. The van der Waals surface area contributed by atoms with E-state index in [2.05, 4.69) is 273 Å². The van der Waals surface area contributed by atoms with E-state index in [4.69, 9.17) is 36.9 Å². The summed E-state index contributed by atoms with van der Waals surface area (Å²) in [5.74, 6) is 0. The van der Waals surface area contributed by atoms with Crippen molar-refractivity contribution in [1.82, 2.24) is 0 Å². The predicted molar refractivity (Wildman–Crippen MR) is 628 cm³/mol. The molecule has 0 atom stereocenters. The van der Waals surface area contributed by atoms with Crippen LogP contribution in [0, 0.1) is 0 Å². The van der Waals surface area contributed by atoms with Gasteiger partial charge >= 0.3 is 0 Å². The highest BCUT2D eigenvalue weighted by molar-refractivity contribution is 6.31. The van der Waals surface area contributed by atoms with Crippen molar-refractivity contribution >= 4 is 217 Å². The minimum absolute atomic E-state index is 0.179. The van der Waals surface area contributed by atoms with E-state index in [1.807, 2.05) is 103 Å². The van der Waals surface area contributed by atoms with Crippen molar-refractivity contribution in [3.05, 3.63) is 533 Å². The molecular weight excluding hydrogens is 1790 g/mol. The van der Waals surface area contributed by atoms with Crippen LogP contribution in [0.1, 0.15) is 21.9 Å². The average Bonchev–Trinajstić information content (AvgIpc) is 1.72. The van der Waals surface area contributed by atoms with Crippen molar-refractivity contribution in [3.63, 3.8) is 0 Å². The zero-order chi connectivity index (χ0) is 111. The van der Waals surface area contributed by atoms with Gasteiger partial charge in [-0.2, -0.15) is 0 Å². The largest absolute Gasteiger partial charge is 0.456 e. The standard InChI is InChI=1S/4C36H22O/c2*1-2-11-23(12-3-1)34-26-15-6-8-17-28(26)35(29-18-9-7-16-27(29)34)30-19-10-20-32-36(30)31-21-24-13-4-5-14-25(24)22-33(31)37-32;2*1-2-10-23(11-3-1)35-28-14-6-8-16-30(28)36(31-17-9-7-15-29(31)35)26-18-19-27-32-20-24-12-4-5-13-25(24)21-34(32)37-33(27)22-26/h4*1-22H/i6D,7D,8D,9D,15D,16D,17D,18D;;6D,7D,8D,9D,14D,15D,16D,17D;. The summed E-state index contributed by atoms with van der Waals surface area (Å²) in [5.41, 5.74) is 19.5. The second kappa shape index (κ2) is 35.3. The van der Waals surface area contributed by atoms with Crippen molar-refractivity contribution in [2.45, 2.75) is 0 Å². The molecule has 28 aromatic carbocycles. The van der Waals surface area contributed by atoms with Crippen LogP contribution in [0.15, 0.2) is 551 Å². The van der Waals surface area contributed by atoms with E-state index in [9.17, 15) is 2.74 Å². The first-order valence-electron chi connectivity index (χ1n) is 57.5. The fourth-order valence-corrected chi connectivity index (χ4v) is 23.0. The molecule has 0 bridgehead atoms. The highest BCUT2D eigenvalue weighted by Crippen LogP contribution is 2.54. The summed E-state index contributed by atoms with van der Waals surface area (Å²) in [6, 6.07) is 143. The lowest BCUT2D eigenvalue weighted by Crippen LogP contribution is -1.91. The number of fused-ring (bicyclic) bond motifs is 24. The molecule has 4 nitrogen and oxygen atoms in total. The molecule has 0 N–H and O–H groups in total. The maximum Gasteiger partial charge on any atom is 0.136 e. The van der Waals surface area contributed by atoms with Crippen molar-refractivity contribution in [3.8, 4) is 89.0 Å². The number of furan rings is 4. The molecule has 0 amide bonds. The molecule has 0 radical (unpaired) electrons. The first-order valence-corrected chi connectivity index (χ1v) is 49.5. The van der Waals surface area contributed by atoms with E-state index in [1.165, 1.54) is 115 Å². The number of hydrogen-bond donors (Lipinski definition) is 0. The third-order valence-electron chi connectivity index (χ3n) is 29.4. The van der Waals surface area contributed by atoms with Crippen LogP contribution in [0.2, 0.25) is 0 Å². The Bertz CT molecular complexity index is 11800. The van der Waals surface area contributed by atoms with E-state index in [0.717, 1.165) is 76.2 Å². The second-order valence-corrected chi connectivity index (χ2v) is 37.6. The van der Waals surface area contributed by atoms with E-state index >= 15 is 0 Å². The molecule has 148 heavy (non-hydrogen) atoms. The molecule has 32 rings (SSSR count). The Morgan fingerprint density at radius 1 is 0.122 bits per heavy atom. The summed E-state index contributed by atoms with van der Waals surface area (Å²) in [4.78, 5) is 0. The lowest BCUT2D eigenvalue weighted by Gasteiger charge is -2.18. The summed E-state index contributed by atoms with van der Waals surface area (Å²) in [6.07, 6.45) is 0. The van der Waals surface area contributed by atoms with Crippen molar-refractivity contribution in [2.24, 2.45) is 0 Å². The Hall–Kier alpha value is -19.5. The topological polar surface area (TPSA) is 52.6 Å². The van der Waals surface area contributed by atoms with Gasteiger partial charge in [0.05, 0.1) is 21.9 Å². The van der Waals surface area contributed by atoms with E-state index in [0.29, 0.717) is 72.2 Å². The highest BCUT2D eigenvalue weighted by Gasteiger charge is 2.27. The van der Waals surface area contributed by atoms with E-state index in [-0.39, 0.29) is 91.4 Å². The van der Waals surface area contributed by atoms with Gasteiger partial charge in [0.15, 0.2) is 0 Å². The first kappa shape index (κ1) is 70.2. The van der Waals surface area contributed by atoms with E-state index in [1.54, 1.807) is 60.7 Å². The van der Waals surface area contributed by atoms with Crippen LogP contribution in [0.3, 0.4) is 0 Å². The van der Waals surface area contributed by atoms with Gasteiger partial charge in [-0.1, -0.05) is 449 Å². The van der Waals surface area contributed by atoms with Crippen molar-refractivity contribution in [1.29, 1.82) is 0 Å². The Morgan fingerprint density at radius 2 is 0.324 bits per heavy atom. The minimum Gasteiger partial charge on any atom is -0.456 e. The Morgan fingerprint density at radius 3 is 0.615 bits per heavy atom. The van der Waals surface area contributed by atoms with Crippen LogP contribution in [-0.4, -0.2) is 0 Å². The SMILES string of the molecule is [2H]c1c([2H])c([2H])c2c(-c3ccc4c(c3)oc3cc5ccccc5cc34)c3c([2H])c([2H])c([2H])c([2H])c3c(-c3ccccc3)c2c1[2H].[2H]c1c([2H])c([2H])c2c(-c3cccc4oc5cc6ccccc6cc5c34)c3c([2H])c([2H])c([2H])c([2H])c3c(-c3ccccc3)c2c1[2H].c1ccc(-c2c3ccccc3c(-c3ccc4c(c3)oc3cc5ccccc5cc34)c3ccccc23)cc1.c1ccc(-c2c3ccccc3c(-c3cccc4oc5cc6ccccc6cc5c34)c3ccccc23)cc1. The first-order chi connectivity index (χ1) is 80.1. The van der Waals surface area contributed by atoms with Crippen LogP contribution in [0.25, 0.3) is 306 Å². The van der Waals surface area contributed by atoms with Gasteiger partial charge in [0.2, 0.25) is 0 Å². The lowest BCUT2D eigenvalue weighted by molar-refractivity contribution is 0.669. The van der Waals surface area contributed by atoms with Gasteiger partial charge in [0, 0.05) is 43.1 Å². The normalized spacial score (nSPS) is 13.3. The molecule has 0 aliphatic heterocycles. The van der Waals surface area contributed by atoms with Crippen molar-refractivity contribution in [2.75, 3.05) is 0 Å². The summed E-state index contributed by atoms with van der Waals surface area (Å²) in [5, 5.41) is 28.4. The zero-order valence-corrected chi connectivity index (χ0v) is 79.2. The second-order valence-electron chi connectivity index (χ2n) is 37.6. The molecule has 4 heteroatoms. The summed E-state index contributed by atoms with van der Waals surface area (Å²) < 4.78 is 167. The quantitative estimate of drug-likeness (QED) is 0.142. The summed E-state index contributed by atoms with van der Waals surface area (Å²) in [6.45, 7) is 0. The van der Waals surface area contributed by atoms with Gasteiger partial charge in [-0.3, -0.25) is 0 Å². The molecule has 0 saturated heterocycles. The monoisotopic (exact) mass is 1900 g/mol. The van der Waals surface area contributed by atoms with Gasteiger partial charge in [-0.25, -0.2) is 0 Å². The Labute approximate surface area is 873 Å². The van der Waals surface area contributed by atoms with Crippen molar-refractivity contribution < 1.29 is 39.6 Å². The number of benzene rings is 28. The van der Waals surface area contributed by atoms with Gasteiger partial charge in [0.1, 0.15) is 44.7 Å². The molecule has 0 saturated carbocycles. The predicted octanol–water partition coefficient (Wildman–Crippen LogP) is 41.5. The fraction of sp³-hybridized carbons (Fsp3) is 0. The van der Waals surface area contributed by atoms with Crippen LogP contribution >= 0.6 is 0 Å². The molecule has 0 unspecified atom stereocenters. The fourth-order valence-electron chi connectivity index (χ4n) is 23.0. The third-order valence-corrected chi connectivity index (χ3v) is 29.4. The lowest BCUT2D eigenvalue weighted by atomic mass is 9.85. The molecule has 0 aliphatic carbocycles. The molecule has 688 valence electrons. The number of rotatable bonds is 8. The minimum atomic E-state index is -0.428. The highest BCUT2D eigenvalue weighted by atomic mass is 16.3. The molecule has 32 aromatic rings. The zero-order valence-electron chi connectivity index (χ0n) is 95.2. The van der Waals surface area contributed by atoms with Gasteiger partial charge in [-0.05, 0) is 303 Å². The summed E-state index contributed by atoms with van der Waals surface area (Å²) in [7, 11) is 0. The summed E-state index contributed by atoms with van der Waals surface area (Å²) >= 11 is 0. The van der Waals surface area contributed by atoms with Gasteiger partial charge in [0.25, 0.3) is 0 Å². The maximum atomic E-state index is 9.21. The molecule has 0 fully saturated rings. The average molecular weight is 1900 g/mol. The van der Waals surface area contributed by atoms with Crippen LogP contribution in [0.4, 0.5) is 0 Å². The molecule has 4 heterocycles. The third kappa shape index (κ3) is 14.2. The molecule has 4 aromatic heterocycles. The van der Waals surface area contributed by atoms with Gasteiger partial charge < -0.3 is 17.7 Å². The Kier molecular flexibility index (Phi) is 16.7.